The summed E-state index contributed by atoms with van der Waals surface area (Å²) in [5, 5.41) is 0. The van der Waals surface area contributed by atoms with E-state index in [1.54, 1.807) is 37.1 Å². The van der Waals surface area contributed by atoms with Crippen molar-refractivity contribution in [3.8, 4) is 0 Å². The van der Waals surface area contributed by atoms with E-state index in [1.807, 2.05) is 13.0 Å². The summed E-state index contributed by atoms with van der Waals surface area (Å²) in [5.41, 5.74) is 8.99. The van der Waals surface area contributed by atoms with Gasteiger partial charge in [-0.3, -0.25) is 14.4 Å². The molecule has 132 valence electrons. The molecular formula is C19H23N3O3. The van der Waals surface area contributed by atoms with Crippen LogP contribution in [0.2, 0.25) is 0 Å². The van der Waals surface area contributed by atoms with E-state index in [9.17, 15) is 14.4 Å². The van der Waals surface area contributed by atoms with Crippen LogP contribution in [-0.2, 0) is 13.0 Å². The Balaban J connectivity index is 2.29. The van der Waals surface area contributed by atoms with Gasteiger partial charge in [0.15, 0.2) is 5.78 Å². The molecule has 0 unspecified atom stereocenters. The molecule has 0 aliphatic heterocycles. The minimum atomic E-state index is -0.504. The van der Waals surface area contributed by atoms with Crippen molar-refractivity contribution in [2.75, 3.05) is 7.05 Å². The first kappa shape index (κ1) is 18.4. The highest BCUT2D eigenvalue weighted by molar-refractivity contribution is 6.02. The Bertz CT molecular complexity index is 836. The van der Waals surface area contributed by atoms with Crippen LogP contribution in [0.5, 0.6) is 0 Å². The van der Waals surface area contributed by atoms with Crippen molar-refractivity contribution in [2.24, 2.45) is 5.73 Å². The predicted molar refractivity (Wildman–Crippen MR) is 95.7 cm³/mol. The van der Waals surface area contributed by atoms with E-state index in [4.69, 9.17) is 5.73 Å². The number of nitrogens with zero attached hydrogens (tertiary/aromatic N) is 1. The Hall–Kier alpha value is -2.89. The molecule has 0 fully saturated rings. The van der Waals surface area contributed by atoms with Gasteiger partial charge in [-0.15, -0.1) is 0 Å². The van der Waals surface area contributed by atoms with Crippen molar-refractivity contribution in [2.45, 2.75) is 33.7 Å². The van der Waals surface area contributed by atoms with Gasteiger partial charge in [0.25, 0.3) is 5.91 Å². The molecule has 0 spiro atoms. The highest BCUT2D eigenvalue weighted by Crippen LogP contribution is 2.22. The molecule has 0 atom stereocenters. The molecule has 2 rings (SSSR count). The molecule has 0 saturated heterocycles. The maximum Gasteiger partial charge on any atom is 0.270 e. The number of hydrogen-bond acceptors (Lipinski definition) is 3. The molecule has 6 nitrogen and oxygen atoms in total. The third kappa shape index (κ3) is 3.79. The zero-order valence-electron chi connectivity index (χ0n) is 15.0. The number of nitrogens with two attached hydrogens (primary N) is 1. The fourth-order valence-electron chi connectivity index (χ4n) is 3.05. The molecule has 2 amide bonds. The van der Waals surface area contributed by atoms with E-state index in [2.05, 4.69) is 4.98 Å². The number of aromatic nitrogens is 1. The summed E-state index contributed by atoms with van der Waals surface area (Å²) in [6.07, 6.45) is 0.589. The summed E-state index contributed by atoms with van der Waals surface area (Å²) in [5.74, 6) is -0.756. The summed E-state index contributed by atoms with van der Waals surface area (Å²) in [6, 6.07) is 6.87. The van der Waals surface area contributed by atoms with Crippen molar-refractivity contribution < 1.29 is 14.4 Å². The van der Waals surface area contributed by atoms with Gasteiger partial charge in [-0.1, -0.05) is 19.1 Å². The van der Waals surface area contributed by atoms with Crippen LogP contribution in [0.15, 0.2) is 24.3 Å². The lowest BCUT2D eigenvalue weighted by Gasteiger charge is -2.18. The van der Waals surface area contributed by atoms with Crippen LogP contribution in [0.4, 0.5) is 0 Å². The summed E-state index contributed by atoms with van der Waals surface area (Å²) in [6.45, 7) is 5.55. The van der Waals surface area contributed by atoms with E-state index < -0.39 is 5.91 Å². The smallest absolute Gasteiger partial charge is 0.270 e. The van der Waals surface area contributed by atoms with Gasteiger partial charge in [-0.2, -0.15) is 0 Å². The highest BCUT2D eigenvalue weighted by Gasteiger charge is 2.23. The minimum absolute atomic E-state index is 0.0542. The fraction of sp³-hybridized carbons (Fsp3) is 0.316. The van der Waals surface area contributed by atoms with Crippen molar-refractivity contribution in [1.82, 2.24) is 9.88 Å². The number of primary amides is 1. The maximum atomic E-state index is 12.8. The first-order valence-corrected chi connectivity index (χ1v) is 8.12. The SMILES string of the molecule is CCc1c(C(=O)N(C)Cc2cccc(C(N)=O)c2)[nH]c(C)c1C(C)=O. The first-order chi connectivity index (χ1) is 11.8. The molecule has 3 N–H and O–H groups in total. The summed E-state index contributed by atoms with van der Waals surface area (Å²) >= 11 is 0. The number of aromatic amines is 1. The topological polar surface area (TPSA) is 96.3 Å². The zero-order valence-corrected chi connectivity index (χ0v) is 15.0. The molecule has 0 bridgehead atoms. The lowest BCUT2D eigenvalue weighted by atomic mass is 10.0. The fourth-order valence-corrected chi connectivity index (χ4v) is 3.05. The number of benzene rings is 1. The Kier molecular flexibility index (Phi) is 5.41. The van der Waals surface area contributed by atoms with Crippen LogP contribution in [-0.4, -0.2) is 34.5 Å². The van der Waals surface area contributed by atoms with Gasteiger partial charge in [-0.05, 0) is 43.5 Å². The van der Waals surface area contributed by atoms with E-state index in [0.717, 1.165) is 11.1 Å². The average molecular weight is 341 g/mol. The highest BCUT2D eigenvalue weighted by atomic mass is 16.2. The molecule has 6 heteroatoms. The maximum absolute atomic E-state index is 12.8. The van der Waals surface area contributed by atoms with Gasteiger partial charge >= 0.3 is 0 Å². The number of aryl methyl sites for hydroxylation is 1. The van der Waals surface area contributed by atoms with Gasteiger partial charge in [0.1, 0.15) is 5.69 Å². The third-order valence-corrected chi connectivity index (χ3v) is 4.19. The van der Waals surface area contributed by atoms with E-state index in [-0.39, 0.29) is 11.7 Å². The molecule has 25 heavy (non-hydrogen) atoms. The summed E-state index contributed by atoms with van der Waals surface area (Å²) in [4.78, 5) is 40.6. The van der Waals surface area contributed by atoms with Crippen molar-refractivity contribution in [1.29, 1.82) is 0 Å². The largest absolute Gasteiger partial charge is 0.366 e. The predicted octanol–water partition coefficient (Wildman–Crippen LogP) is 2.46. The molecule has 0 aliphatic rings. The Labute approximate surface area is 147 Å². The van der Waals surface area contributed by atoms with Crippen molar-refractivity contribution in [3.63, 3.8) is 0 Å². The van der Waals surface area contributed by atoms with Crippen LogP contribution in [0.1, 0.15) is 61.9 Å². The van der Waals surface area contributed by atoms with E-state index in [0.29, 0.717) is 35.5 Å². The molecular weight excluding hydrogens is 318 g/mol. The second-order valence-corrected chi connectivity index (χ2v) is 6.11. The number of ketones is 1. The number of carbonyl (C=O) groups excluding carboxylic acids is 3. The van der Waals surface area contributed by atoms with Crippen LogP contribution < -0.4 is 5.73 Å². The van der Waals surface area contributed by atoms with Crippen molar-refractivity contribution in [3.05, 3.63) is 57.9 Å². The number of carbonyl (C=O) groups is 3. The second kappa shape index (κ2) is 7.34. The minimum Gasteiger partial charge on any atom is -0.366 e. The number of rotatable bonds is 6. The quantitative estimate of drug-likeness (QED) is 0.790. The van der Waals surface area contributed by atoms with Crippen LogP contribution in [0.25, 0.3) is 0 Å². The second-order valence-electron chi connectivity index (χ2n) is 6.11. The number of hydrogen-bond donors (Lipinski definition) is 2. The average Bonchev–Trinajstić information content (AvgIpc) is 2.90. The lowest BCUT2D eigenvalue weighted by molar-refractivity contribution is 0.0778. The van der Waals surface area contributed by atoms with Crippen LogP contribution in [0, 0.1) is 6.92 Å². The molecule has 1 aromatic carbocycles. The van der Waals surface area contributed by atoms with Gasteiger partial charge in [0.05, 0.1) is 0 Å². The normalized spacial score (nSPS) is 10.6. The van der Waals surface area contributed by atoms with Gasteiger partial charge in [0.2, 0.25) is 5.91 Å². The Morgan fingerprint density at radius 3 is 2.48 bits per heavy atom. The summed E-state index contributed by atoms with van der Waals surface area (Å²) in [7, 11) is 1.68. The number of Topliss-reactive ketones (excluding diaryl/α,β-unsaturated/α-hetero) is 1. The monoisotopic (exact) mass is 341 g/mol. The van der Waals surface area contributed by atoms with Gasteiger partial charge < -0.3 is 15.6 Å². The van der Waals surface area contributed by atoms with Crippen LogP contribution in [0.3, 0.4) is 0 Å². The van der Waals surface area contributed by atoms with Gasteiger partial charge in [-0.25, -0.2) is 0 Å². The molecule has 0 radical (unpaired) electrons. The third-order valence-electron chi connectivity index (χ3n) is 4.19. The molecule has 1 heterocycles. The van der Waals surface area contributed by atoms with Gasteiger partial charge in [0, 0.05) is 30.4 Å². The molecule has 0 saturated carbocycles. The number of amides is 2. The Morgan fingerprint density at radius 1 is 1.24 bits per heavy atom. The molecule has 2 aromatic rings. The van der Waals surface area contributed by atoms with Crippen molar-refractivity contribution >= 4 is 17.6 Å². The summed E-state index contributed by atoms with van der Waals surface area (Å²) < 4.78 is 0. The molecule has 0 aliphatic carbocycles. The Morgan fingerprint density at radius 2 is 1.92 bits per heavy atom. The zero-order chi connectivity index (χ0) is 18.7. The molecule has 1 aromatic heterocycles. The van der Waals surface area contributed by atoms with E-state index >= 15 is 0 Å². The first-order valence-electron chi connectivity index (χ1n) is 8.12. The van der Waals surface area contributed by atoms with E-state index in [1.165, 1.54) is 6.92 Å². The van der Waals surface area contributed by atoms with Crippen LogP contribution >= 0.6 is 0 Å². The standard InChI is InChI=1S/C19H23N3O3/c1-5-15-16(12(3)23)11(2)21-17(15)19(25)22(4)10-13-7-6-8-14(9-13)18(20)24/h6-9,21H,5,10H2,1-4H3,(H2,20,24). The lowest BCUT2D eigenvalue weighted by Crippen LogP contribution is -2.27. The number of nitrogens with one attached hydrogen (secondary N) is 1. The number of H-pyrrole nitrogens is 1.